The normalized spacial score (nSPS) is 18.4. The Bertz CT molecular complexity index is 708. The average molecular weight is 307 g/mol. The van der Waals surface area contributed by atoms with E-state index in [9.17, 15) is 14.3 Å². The highest BCUT2D eigenvalue weighted by Crippen LogP contribution is 2.36. The standard InChI is InChI=1S/C16H18FNO2S/c1-16(2)6-7-18(9-16)8-10-13-11(17)4-3-5-12(13)21-14(10)15(19)20/h3-5H,6-9H2,1-2H3,(H,19,20). The maximum Gasteiger partial charge on any atom is 0.346 e. The fourth-order valence-corrected chi connectivity index (χ4v) is 4.14. The van der Waals surface area contributed by atoms with E-state index in [0.717, 1.165) is 30.8 Å². The molecule has 21 heavy (non-hydrogen) atoms. The van der Waals surface area contributed by atoms with Gasteiger partial charge >= 0.3 is 5.97 Å². The summed E-state index contributed by atoms with van der Waals surface area (Å²) in [5.41, 5.74) is 0.867. The molecule has 1 aliphatic rings. The first-order valence-electron chi connectivity index (χ1n) is 7.03. The number of nitrogens with zero attached hydrogens (tertiary/aromatic N) is 1. The SMILES string of the molecule is CC1(C)CCN(Cc2c(C(=O)O)sc3cccc(F)c23)C1. The number of hydrogen-bond acceptors (Lipinski definition) is 3. The van der Waals surface area contributed by atoms with Crippen LogP contribution in [0.1, 0.15) is 35.5 Å². The molecule has 1 fully saturated rings. The third-order valence-corrected chi connectivity index (χ3v) is 5.28. The predicted molar refractivity (Wildman–Crippen MR) is 82.4 cm³/mol. The van der Waals surface area contributed by atoms with E-state index < -0.39 is 5.97 Å². The van der Waals surface area contributed by atoms with Crippen molar-refractivity contribution in [2.75, 3.05) is 13.1 Å². The van der Waals surface area contributed by atoms with Crippen molar-refractivity contribution >= 4 is 27.4 Å². The lowest BCUT2D eigenvalue weighted by molar-refractivity contribution is 0.0700. The molecule has 2 heterocycles. The minimum atomic E-state index is -0.968. The molecular weight excluding hydrogens is 289 g/mol. The topological polar surface area (TPSA) is 40.5 Å². The molecule has 1 N–H and O–H groups in total. The van der Waals surface area contributed by atoms with E-state index in [1.54, 1.807) is 12.1 Å². The van der Waals surface area contributed by atoms with Gasteiger partial charge in [0.05, 0.1) is 0 Å². The molecule has 0 bridgehead atoms. The van der Waals surface area contributed by atoms with Gasteiger partial charge in [-0.25, -0.2) is 9.18 Å². The molecule has 1 aromatic carbocycles. The van der Waals surface area contributed by atoms with Crippen LogP contribution in [0.2, 0.25) is 0 Å². The second-order valence-electron chi connectivity index (χ2n) is 6.45. The fraction of sp³-hybridized carbons (Fsp3) is 0.438. The van der Waals surface area contributed by atoms with Gasteiger partial charge in [-0.05, 0) is 30.5 Å². The van der Waals surface area contributed by atoms with Crippen LogP contribution in [-0.2, 0) is 6.54 Å². The minimum absolute atomic E-state index is 0.244. The number of carboxylic acids is 1. The van der Waals surface area contributed by atoms with Crippen molar-refractivity contribution < 1.29 is 14.3 Å². The molecule has 0 unspecified atom stereocenters. The molecule has 1 saturated heterocycles. The van der Waals surface area contributed by atoms with Gasteiger partial charge in [0.15, 0.2) is 0 Å². The van der Waals surface area contributed by atoms with Crippen molar-refractivity contribution in [1.82, 2.24) is 4.90 Å². The Morgan fingerprint density at radius 1 is 1.48 bits per heavy atom. The smallest absolute Gasteiger partial charge is 0.346 e. The molecule has 0 aliphatic carbocycles. The van der Waals surface area contributed by atoms with Crippen molar-refractivity contribution in [3.05, 3.63) is 34.5 Å². The number of carboxylic acid groups (broad SMARTS) is 1. The fourth-order valence-electron chi connectivity index (χ4n) is 3.07. The highest BCUT2D eigenvalue weighted by atomic mass is 32.1. The Morgan fingerprint density at radius 2 is 2.24 bits per heavy atom. The van der Waals surface area contributed by atoms with Crippen LogP contribution in [0.5, 0.6) is 0 Å². The zero-order chi connectivity index (χ0) is 15.2. The van der Waals surface area contributed by atoms with Crippen LogP contribution in [-0.4, -0.2) is 29.1 Å². The van der Waals surface area contributed by atoms with E-state index >= 15 is 0 Å². The lowest BCUT2D eigenvalue weighted by Crippen LogP contribution is -2.23. The number of carbonyl (C=O) groups is 1. The van der Waals surface area contributed by atoms with E-state index in [1.165, 1.54) is 6.07 Å². The van der Waals surface area contributed by atoms with Crippen LogP contribution < -0.4 is 0 Å². The Balaban J connectivity index is 2.04. The summed E-state index contributed by atoms with van der Waals surface area (Å²) in [4.78, 5) is 14.0. The molecule has 0 atom stereocenters. The highest BCUT2D eigenvalue weighted by Gasteiger charge is 2.31. The van der Waals surface area contributed by atoms with Crippen molar-refractivity contribution in [1.29, 1.82) is 0 Å². The Hall–Kier alpha value is -1.46. The summed E-state index contributed by atoms with van der Waals surface area (Å²) in [6.45, 7) is 6.76. The molecule has 0 spiro atoms. The zero-order valence-electron chi connectivity index (χ0n) is 12.1. The first-order chi connectivity index (χ1) is 9.87. The van der Waals surface area contributed by atoms with Crippen LogP contribution in [0.25, 0.3) is 10.1 Å². The lowest BCUT2D eigenvalue weighted by atomic mass is 9.93. The summed E-state index contributed by atoms with van der Waals surface area (Å²) in [7, 11) is 0. The Morgan fingerprint density at radius 3 is 2.86 bits per heavy atom. The number of halogens is 1. The van der Waals surface area contributed by atoms with Gasteiger partial charge in [0.1, 0.15) is 10.7 Å². The van der Waals surface area contributed by atoms with E-state index in [2.05, 4.69) is 18.7 Å². The minimum Gasteiger partial charge on any atom is -0.477 e. The van der Waals surface area contributed by atoms with Crippen LogP contribution >= 0.6 is 11.3 Å². The van der Waals surface area contributed by atoms with Crippen molar-refractivity contribution in [2.24, 2.45) is 5.41 Å². The number of fused-ring (bicyclic) bond motifs is 1. The Labute approximate surface area is 127 Å². The lowest BCUT2D eigenvalue weighted by Gasteiger charge is -2.19. The summed E-state index contributed by atoms with van der Waals surface area (Å²) >= 11 is 1.16. The molecule has 1 aliphatic heterocycles. The summed E-state index contributed by atoms with van der Waals surface area (Å²) < 4.78 is 14.9. The second-order valence-corrected chi connectivity index (χ2v) is 7.50. The second kappa shape index (κ2) is 5.07. The zero-order valence-corrected chi connectivity index (χ0v) is 13.0. The summed E-state index contributed by atoms with van der Waals surface area (Å²) in [5.74, 6) is -1.30. The van der Waals surface area contributed by atoms with Gasteiger partial charge in [0.25, 0.3) is 0 Å². The molecule has 0 radical (unpaired) electrons. The van der Waals surface area contributed by atoms with Gasteiger partial charge in [-0.2, -0.15) is 0 Å². The highest BCUT2D eigenvalue weighted by molar-refractivity contribution is 7.21. The van der Waals surface area contributed by atoms with Gasteiger partial charge in [0, 0.05) is 28.7 Å². The van der Waals surface area contributed by atoms with Gasteiger partial charge in [-0.1, -0.05) is 19.9 Å². The van der Waals surface area contributed by atoms with Crippen molar-refractivity contribution in [3.8, 4) is 0 Å². The van der Waals surface area contributed by atoms with Crippen LogP contribution in [0.3, 0.4) is 0 Å². The molecule has 0 amide bonds. The number of benzene rings is 1. The van der Waals surface area contributed by atoms with Gasteiger partial charge in [-0.3, -0.25) is 4.90 Å². The first kappa shape index (κ1) is 14.5. The maximum absolute atomic E-state index is 14.1. The summed E-state index contributed by atoms with van der Waals surface area (Å²) in [6, 6.07) is 4.81. The van der Waals surface area contributed by atoms with E-state index in [0.29, 0.717) is 22.2 Å². The molecule has 5 heteroatoms. The van der Waals surface area contributed by atoms with Crippen LogP contribution in [0, 0.1) is 11.2 Å². The monoisotopic (exact) mass is 307 g/mol. The largest absolute Gasteiger partial charge is 0.477 e. The number of aromatic carboxylic acids is 1. The van der Waals surface area contributed by atoms with Crippen molar-refractivity contribution in [2.45, 2.75) is 26.8 Å². The van der Waals surface area contributed by atoms with Gasteiger partial charge < -0.3 is 5.11 Å². The number of thiophene rings is 1. The van der Waals surface area contributed by atoms with Crippen molar-refractivity contribution in [3.63, 3.8) is 0 Å². The number of hydrogen-bond donors (Lipinski definition) is 1. The van der Waals surface area contributed by atoms with Crippen LogP contribution in [0.4, 0.5) is 4.39 Å². The van der Waals surface area contributed by atoms with Crippen LogP contribution in [0.15, 0.2) is 18.2 Å². The molecular formula is C16H18FNO2S. The quantitative estimate of drug-likeness (QED) is 0.932. The van der Waals surface area contributed by atoms with E-state index in [1.807, 2.05) is 0 Å². The van der Waals surface area contributed by atoms with E-state index in [-0.39, 0.29) is 16.1 Å². The molecule has 1 aromatic heterocycles. The molecule has 3 rings (SSSR count). The van der Waals surface area contributed by atoms with Gasteiger partial charge in [0.2, 0.25) is 0 Å². The van der Waals surface area contributed by atoms with Gasteiger partial charge in [-0.15, -0.1) is 11.3 Å². The van der Waals surface area contributed by atoms with E-state index in [4.69, 9.17) is 0 Å². The third-order valence-electron chi connectivity index (χ3n) is 4.10. The molecule has 0 saturated carbocycles. The third kappa shape index (κ3) is 2.68. The predicted octanol–water partition coefficient (Wildman–Crippen LogP) is 3.97. The number of likely N-dealkylation sites (tertiary alicyclic amines) is 1. The summed E-state index contributed by atoms with van der Waals surface area (Å²) in [6.07, 6.45) is 1.08. The molecule has 112 valence electrons. The Kier molecular flexibility index (Phi) is 3.50. The molecule has 2 aromatic rings. The number of rotatable bonds is 3. The molecule has 3 nitrogen and oxygen atoms in total. The maximum atomic E-state index is 14.1. The average Bonchev–Trinajstić information content (AvgIpc) is 2.92. The first-order valence-corrected chi connectivity index (χ1v) is 7.84. The summed E-state index contributed by atoms with van der Waals surface area (Å²) in [5, 5.41) is 9.88.